The molecule has 198 valence electrons. The summed E-state index contributed by atoms with van der Waals surface area (Å²) in [4.78, 5) is 24.2. The monoisotopic (exact) mass is 540 g/mol. The Kier molecular flexibility index (Phi) is 7.76. The molecule has 1 aromatic carbocycles. The van der Waals surface area contributed by atoms with Gasteiger partial charge < -0.3 is 23.4 Å². The summed E-state index contributed by atoms with van der Waals surface area (Å²) in [5.41, 5.74) is 0.781. The van der Waals surface area contributed by atoms with Gasteiger partial charge in [-0.3, -0.25) is 9.52 Å². The van der Waals surface area contributed by atoms with Crippen LogP contribution in [-0.4, -0.2) is 42.7 Å². The molecule has 12 nitrogen and oxygen atoms in total. The van der Waals surface area contributed by atoms with Crippen LogP contribution in [0.4, 0.5) is 5.82 Å². The van der Waals surface area contributed by atoms with Gasteiger partial charge in [-0.15, -0.1) is 0 Å². The quantitative estimate of drug-likeness (QED) is 0.226. The van der Waals surface area contributed by atoms with Gasteiger partial charge in [-0.1, -0.05) is 12.1 Å². The van der Waals surface area contributed by atoms with Gasteiger partial charge in [-0.05, 0) is 42.8 Å². The molecule has 0 saturated heterocycles. The second-order valence-corrected chi connectivity index (χ2v) is 9.49. The Labute approximate surface area is 218 Å². The largest absolute Gasteiger partial charge is 0.497 e. The molecule has 0 aliphatic carbocycles. The average molecular weight is 541 g/mol. The van der Waals surface area contributed by atoms with Gasteiger partial charge in [0.1, 0.15) is 11.5 Å². The number of hydrogen-bond donors (Lipinski definition) is 1. The Balaban J connectivity index is 1.86. The van der Waals surface area contributed by atoms with E-state index in [1.807, 2.05) is 0 Å². The van der Waals surface area contributed by atoms with Crippen molar-refractivity contribution in [1.29, 1.82) is 0 Å². The number of carbonyl (C=O) groups excluding carboxylic acids is 1. The number of rotatable bonds is 10. The van der Waals surface area contributed by atoms with Gasteiger partial charge in [0.25, 0.3) is 15.9 Å². The van der Waals surface area contributed by atoms with Crippen LogP contribution in [0, 0.1) is 6.92 Å². The van der Waals surface area contributed by atoms with Crippen LogP contribution in [0.25, 0.3) is 11.6 Å². The van der Waals surface area contributed by atoms with Crippen molar-refractivity contribution in [3.05, 3.63) is 66.6 Å². The number of esters is 1. The van der Waals surface area contributed by atoms with Crippen molar-refractivity contribution in [2.75, 3.05) is 11.8 Å². The SMILES string of the molecule is COc1cccc(Oc2c(NS(=O)(=O)c3ccc(C)cn3)nc(-c3ccco3)nc2OC(C)OC(C)=O)c1. The predicted molar refractivity (Wildman–Crippen MR) is 134 cm³/mol. The van der Waals surface area contributed by atoms with E-state index in [1.54, 1.807) is 49.4 Å². The first-order valence-corrected chi connectivity index (χ1v) is 12.7. The maximum atomic E-state index is 13.3. The van der Waals surface area contributed by atoms with Gasteiger partial charge in [-0.25, -0.2) is 9.97 Å². The van der Waals surface area contributed by atoms with Crippen molar-refractivity contribution in [2.24, 2.45) is 0 Å². The third-order valence-corrected chi connectivity index (χ3v) is 6.09. The van der Waals surface area contributed by atoms with E-state index < -0.39 is 22.3 Å². The summed E-state index contributed by atoms with van der Waals surface area (Å²) in [5, 5.41) is -0.246. The number of ether oxygens (including phenoxy) is 4. The van der Waals surface area contributed by atoms with E-state index in [-0.39, 0.29) is 39.8 Å². The highest BCUT2D eigenvalue weighted by molar-refractivity contribution is 7.92. The van der Waals surface area contributed by atoms with E-state index in [0.29, 0.717) is 5.75 Å². The van der Waals surface area contributed by atoms with Gasteiger partial charge >= 0.3 is 5.97 Å². The normalized spacial score (nSPS) is 11.9. The minimum absolute atomic E-state index is 0.0208. The van der Waals surface area contributed by atoms with Crippen LogP contribution < -0.4 is 18.9 Å². The number of carbonyl (C=O) groups is 1. The summed E-state index contributed by atoms with van der Waals surface area (Å²) < 4.78 is 56.4. The Morgan fingerprint density at radius 2 is 1.87 bits per heavy atom. The minimum Gasteiger partial charge on any atom is -0.497 e. The molecule has 0 fully saturated rings. The van der Waals surface area contributed by atoms with Crippen LogP contribution in [0.3, 0.4) is 0 Å². The van der Waals surface area contributed by atoms with Crippen LogP contribution >= 0.6 is 0 Å². The summed E-state index contributed by atoms with van der Waals surface area (Å²) in [5.74, 6) is -0.360. The molecule has 0 radical (unpaired) electrons. The number of benzene rings is 1. The van der Waals surface area contributed by atoms with Crippen molar-refractivity contribution >= 4 is 21.8 Å². The number of nitrogens with zero attached hydrogens (tertiary/aromatic N) is 3. The zero-order chi connectivity index (χ0) is 27.3. The number of anilines is 1. The Bertz CT molecular complexity index is 1520. The van der Waals surface area contributed by atoms with Crippen molar-refractivity contribution in [3.63, 3.8) is 0 Å². The van der Waals surface area contributed by atoms with Gasteiger partial charge in [0.05, 0.1) is 13.4 Å². The van der Waals surface area contributed by atoms with E-state index in [9.17, 15) is 13.2 Å². The summed E-state index contributed by atoms with van der Waals surface area (Å²) in [7, 11) is -2.75. The van der Waals surface area contributed by atoms with Crippen LogP contribution in [0.2, 0.25) is 0 Å². The Morgan fingerprint density at radius 3 is 2.53 bits per heavy atom. The van der Waals surface area contributed by atoms with Crippen LogP contribution in [0.15, 0.2) is 70.4 Å². The second kappa shape index (κ2) is 11.2. The highest BCUT2D eigenvalue weighted by atomic mass is 32.2. The molecule has 0 amide bonds. The fourth-order valence-corrected chi connectivity index (χ4v) is 4.11. The summed E-state index contributed by atoms with van der Waals surface area (Å²) in [6.07, 6.45) is 1.72. The first-order chi connectivity index (χ1) is 18.1. The lowest BCUT2D eigenvalue weighted by molar-refractivity contribution is -0.158. The fraction of sp³-hybridized carbons (Fsp3) is 0.200. The number of methoxy groups -OCH3 is 1. The maximum Gasteiger partial charge on any atom is 0.305 e. The van der Waals surface area contributed by atoms with Gasteiger partial charge in [0.15, 0.2) is 16.6 Å². The number of nitrogens with one attached hydrogen (secondary N) is 1. The maximum absolute atomic E-state index is 13.3. The lowest BCUT2D eigenvalue weighted by Gasteiger charge is -2.19. The Hall–Kier alpha value is -4.65. The summed E-state index contributed by atoms with van der Waals surface area (Å²) in [6.45, 7) is 4.46. The summed E-state index contributed by atoms with van der Waals surface area (Å²) >= 11 is 0. The lowest BCUT2D eigenvalue weighted by atomic mass is 10.3. The molecule has 1 unspecified atom stereocenters. The van der Waals surface area contributed by atoms with Gasteiger partial charge in [-0.2, -0.15) is 13.4 Å². The van der Waals surface area contributed by atoms with Gasteiger partial charge in [0, 0.05) is 26.1 Å². The van der Waals surface area contributed by atoms with Crippen LogP contribution in [0.5, 0.6) is 23.1 Å². The molecule has 0 spiro atoms. The number of aryl methyl sites for hydroxylation is 1. The number of aromatic nitrogens is 3. The summed E-state index contributed by atoms with van der Waals surface area (Å²) in [6, 6.07) is 12.7. The van der Waals surface area contributed by atoms with E-state index in [1.165, 1.54) is 39.5 Å². The predicted octanol–water partition coefficient (Wildman–Crippen LogP) is 4.33. The van der Waals surface area contributed by atoms with E-state index in [2.05, 4.69) is 19.7 Å². The molecular weight excluding hydrogens is 516 g/mol. The number of sulfonamides is 1. The Morgan fingerprint density at radius 1 is 1.08 bits per heavy atom. The molecule has 1 N–H and O–H groups in total. The molecule has 3 heterocycles. The molecule has 13 heteroatoms. The molecular formula is C25H24N4O8S. The minimum atomic E-state index is -4.24. The molecule has 1 atom stereocenters. The third-order valence-electron chi connectivity index (χ3n) is 4.84. The number of hydrogen-bond acceptors (Lipinski definition) is 11. The van der Waals surface area contributed by atoms with Crippen molar-refractivity contribution < 1.29 is 36.6 Å². The van der Waals surface area contributed by atoms with E-state index in [4.69, 9.17) is 23.4 Å². The van der Waals surface area contributed by atoms with E-state index in [0.717, 1.165) is 5.56 Å². The molecule has 0 aliphatic rings. The molecule has 0 bridgehead atoms. The molecule has 38 heavy (non-hydrogen) atoms. The first kappa shape index (κ1) is 26.4. The molecule has 0 aliphatic heterocycles. The standard InChI is InChI=1S/C25H24N4O8S/c1-15-10-11-21(26-14-15)38(31,32)29-24-22(37-19-8-5-7-18(13-19)33-4)25(36-17(3)35-16(2)30)28-23(27-24)20-9-6-12-34-20/h5-14,17H,1-4H3,(H,27,28,29). The third kappa shape index (κ3) is 6.37. The number of furan rings is 1. The first-order valence-electron chi connectivity index (χ1n) is 11.2. The molecule has 3 aromatic heterocycles. The molecule has 4 aromatic rings. The highest BCUT2D eigenvalue weighted by Crippen LogP contribution is 2.40. The smallest absolute Gasteiger partial charge is 0.305 e. The highest BCUT2D eigenvalue weighted by Gasteiger charge is 2.27. The second-order valence-electron chi connectivity index (χ2n) is 7.86. The van der Waals surface area contributed by atoms with Crippen molar-refractivity contribution in [1.82, 2.24) is 15.0 Å². The van der Waals surface area contributed by atoms with Crippen LogP contribution in [-0.2, 0) is 19.6 Å². The fourth-order valence-electron chi connectivity index (χ4n) is 3.18. The zero-order valence-electron chi connectivity index (χ0n) is 20.9. The topological polar surface area (TPSA) is 152 Å². The van der Waals surface area contributed by atoms with Crippen molar-refractivity contribution in [2.45, 2.75) is 32.1 Å². The zero-order valence-corrected chi connectivity index (χ0v) is 21.7. The number of pyridine rings is 1. The van der Waals surface area contributed by atoms with E-state index >= 15 is 0 Å². The molecule has 0 saturated carbocycles. The average Bonchev–Trinajstić information content (AvgIpc) is 3.40. The van der Waals surface area contributed by atoms with Gasteiger partial charge in [0.2, 0.25) is 17.9 Å². The van der Waals surface area contributed by atoms with Crippen LogP contribution in [0.1, 0.15) is 19.4 Å². The molecule has 4 rings (SSSR count). The van der Waals surface area contributed by atoms with Crippen molar-refractivity contribution in [3.8, 4) is 34.7 Å². The lowest BCUT2D eigenvalue weighted by Crippen LogP contribution is -2.21.